The summed E-state index contributed by atoms with van der Waals surface area (Å²) in [5.41, 5.74) is 1.32. The number of aliphatic hydroxyl groups excluding tert-OH is 1. The van der Waals surface area contributed by atoms with Gasteiger partial charge in [-0.25, -0.2) is 0 Å². The van der Waals surface area contributed by atoms with Crippen molar-refractivity contribution < 1.29 is 9.84 Å². The highest BCUT2D eigenvalue weighted by molar-refractivity contribution is 7.07. The zero-order valence-corrected chi connectivity index (χ0v) is 12.4. The maximum Gasteiger partial charge on any atom is 0.0900 e. The molecule has 0 spiro atoms. The zero-order valence-electron chi connectivity index (χ0n) is 11.6. The van der Waals surface area contributed by atoms with Crippen LogP contribution in [0.4, 0.5) is 0 Å². The van der Waals surface area contributed by atoms with Gasteiger partial charge in [-0.05, 0) is 49.2 Å². The second kappa shape index (κ2) is 8.64. The molecule has 4 heteroatoms. The van der Waals surface area contributed by atoms with Crippen LogP contribution in [0.25, 0.3) is 0 Å². The van der Waals surface area contributed by atoms with Crippen LogP contribution >= 0.6 is 11.3 Å². The first-order chi connectivity index (χ1) is 8.61. The van der Waals surface area contributed by atoms with Gasteiger partial charge >= 0.3 is 0 Å². The molecular formula is C14H25NO2S. The maximum atomic E-state index is 9.96. The molecule has 0 radical (unpaired) electrons. The molecule has 0 aromatic carbocycles. The summed E-state index contributed by atoms with van der Waals surface area (Å²) >= 11 is 1.72. The van der Waals surface area contributed by atoms with E-state index in [1.165, 1.54) is 5.56 Å². The Balaban J connectivity index is 2.36. The largest absolute Gasteiger partial charge is 0.389 e. The molecule has 1 atom stereocenters. The molecule has 0 aliphatic carbocycles. The number of rotatable bonds is 9. The first-order valence-corrected chi connectivity index (χ1v) is 7.59. The standard InChI is InChI=1S/C14H25NO2S/c1-4-6-15(8-13-5-7-18-11-13)9-14(16)10-17-12(2)3/h5,7,11-12,14,16H,4,6,8-10H2,1-3H3. The monoisotopic (exact) mass is 271 g/mol. The summed E-state index contributed by atoms with van der Waals surface area (Å²) in [6.07, 6.45) is 0.871. The van der Waals surface area contributed by atoms with Crippen molar-refractivity contribution in [3.8, 4) is 0 Å². The topological polar surface area (TPSA) is 32.7 Å². The van der Waals surface area contributed by atoms with Gasteiger partial charge in [0.1, 0.15) is 0 Å². The van der Waals surface area contributed by atoms with Crippen LogP contribution in [0.2, 0.25) is 0 Å². The van der Waals surface area contributed by atoms with E-state index in [0.717, 1.165) is 19.5 Å². The van der Waals surface area contributed by atoms with Gasteiger partial charge in [-0.2, -0.15) is 11.3 Å². The molecule has 104 valence electrons. The molecule has 0 saturated heterocycles. The fourth-order valence-electron chi connectivity index (χ4n) is 1.85. The second-order valence-corrected chi connectivity index (χ2v) is 5.68. The van der Waals surface area contributed by atoms with Crippen LogP contribution in [0.15, 0.2) is 16.8 Å². The quantitative estimate of drug-likeness (QED) is 0.749. The minimum Gasteiger partial charge on any atom is -0.389 e. The van der Waals surface area contributed by atoms with E-state index in [1.54, 1.807) is 11.3 Å². The van der Waals surface area contributed by atoms with Gasteiger partial charge in [0.05, 0.1) is 18.8 Å². The van der Waals surface area contributed by atoms with E-state index in [4.69, 9.17) is 4.74 Å². The Morgan fingerprint density at radius 2 is 2.22 bits per heavy atom. The van der Waals surface area contributed by atoms with Crippen molar-refractivity contribution in [3.63, 3.8) is 0 Å². The van der Waals surface area contributed by atoms with Gasteiger partial charge < -0.3 is 9.84 Å². The Morgan fingerprint density at radius 3 is 2.78 bits per heavy atom. The van der Waals surface area contributed by atoms with Crippen LogP contribution in [0.3, 0.4) is 0 Å². The Hall–Kier alpha value is -0.420. The van der Waals surface area contributed by atoms with Crippen molar-refractivity contribution in [1.29, 1.82) is 0 Å². The first-order valence-electron chi connectivity index (χ1n) is 6.65. The smallest absolute Gasteiger partial charge is 0.0900 e. The average molecular weight is 271 g/mol. The van der Waals surface area contributed by atoms with Gasteiger partial charge in [-0.15, -0.1) is 0 Å². The Morgan fingerprint density at radius 1 is 1.44 bits per heavy atom. The normalized spacial score (nSPS) is 13.4. The van der Waals surface area contributed by atoms with Crippen LogP contribution in [0, 0.1) is 0 Å². The van der Waals surface area contributed by atoms with E-state index >= 15 is 0 Å². The lowest BCUT2D eigenvalue weighted by Gasteiger charge is -2.24. The van der Waals surface area contributed by atoms with Crippen LogP contribution in [-0.4, -0.2) is 41.9 Å². The Kier molecular flexibility index (Phi) is 7.51. The summed E-state index contributed by atoms with van der Waals surface area (Å²) in [7, 11) is 0. The highest BCUT2D eigenvalue weighted by atomic mass is 32.1. The fourth-order valence-corrected chi connectivity index (χ4v) is 2.51. The predicted octanol–water partition coefficient (Wildman–Crippen LogP) is 2.75. The average Bonchev–Trinajstić information content (AvgIpc) is 2.79. The molecule has 0 aliphatic heterocycles. The van der Waals surface area contributed by atoms with E-state index in [0.29, 0.717) is 13.2 Å². The van der Waals surface area contributed by atoms with E-state index in [9.17, 15) is 5.11 Å². The number of hydrogen-bond acceptors (Lipinski definition) is 4. The molecule has 1 N–H and O–H groups in total. The summed E-state index contributed by atoms with van der Waals surface area (Å²) in [6, 6.07) is 2.14. The van der Waals surface area contributed by atoms with Gasteiger partial charge in [0.2, 0.25) is 0 Å². The molecule has 1 aromatic rings. The van der Waals surface area contributed by atoms with E-state index in [1.807, 2.05) is 13.8 Å². The fraction of sp³-hybridized carbons (Fsp3) is 0.714. The number of nitrogens with zero attached hydrogens (tertiary/aromatic N) is 1. The van der Waals surface area contributed by atoms with Crippen molar-refractivity contribution in [2.75, 3.05) is 19.7 Å². The molecule has 0 bridgehead atoms. The summed E-state index contributed by atoms with van der Waals surface area (Å²) in [6.45, 7) is 9.16. The molecular weight excluding hydrogens is 246 g/mol. The van der Waals surface area contributed by atoms with Gasteiger partial charge in [-0.3, -0.25) is 4.90 Å². The van der Waals surface area contributed by atoms with Crippen molar-refractivity contribution in [2.45, 2.75) is 45.9 Å². The summed E-state index contributed by atoms with van der Waals surface area (Å²) in [5, 5.41) is 14.2. The molecule has 0 amide bonds. The summed E-state index contributed by atoms with van der Waals surface area (Å²) in [4.78, 5) is 2.29. The zero-order chi connectivity index (χ0) is 13.4. The lowest BCUT2D eigenvalue weighted by atomic mass is 10.2. The van der Waals surface area contributed by atoms with Crippen LogP contribution in [0.1, 0.15) is 32.8 Å². The van der Waals surface area contributed by atoms with Crippen LogP contribution < -0.4 is 0 Å². The second-order valence-electron chi connectivity index (χ2n) is 4.90. The van der Waals surface area contributed by atoms with Gasteiger partial charge in [0.25, 0.3) is 0 Å². The van der Waals surface area contributed by atoms with Crippen molar-refractivity contribution in [1.82, 2.24) is 4.90 Å². The number of thiophene rings is 1. The first kappa shape index (κ1) is 15.6. The molecule has 3 nitrogen and oxygen atoms in total. The summed E-state index contributed by atoms with van der Waals surface area (Å²) < 4.78 is 5.44. The van der Waals surface area contributed by atoms with E-state index in [-0.39, 0.29) is 6.10 Å². The molecule has 18 heavy (non-hydrogen) atoms. The molecule has 1 aromatic heterocycles. The Labute approximate surface area is 114 Å². The van der Waals surface area contributed by atoms with Gasteiger partial charge in [0, 0.05) is 13.1 Å². The SMILES string of the molecule is CCCN(Cc1ccsc1)CC(O)COC(C)C. The van der Waals surface area contributed by atoms with Crippen molar-refractivity contribution >= 4 is 11.3 Å². The lowest BCUT2D eigenvalue weighted by Crippen LogP contribution is -2.35. The predicted molar refractivity (Wildman–Crippen MR) is 77.0 cm³/mol. The molecule has 1 rings (SSSR count). The van der Waals surface area contributed by atoms with Crippen LogP contribution in [0.5, 0.6) is 0 Å². The van der Waals surface area contributed by atoms with E-state index < -0.39 is 6.10 Å². The number of hydrogen-bond donors (Lipinski definition) is 1. The third-order valence-electron chi connectivity index (χ3n) is 2.62. The minimum atomic E-state index is -0.405. The molecule has 0 aliphatic rings. The van der Waals surface area contributed by atoms with Gasteiger partial charge in [0.15, 0.2) is 0 Å². The minimum absolute atomic E-state index is 0.177. The van der Waals surface area contributed by atoms with Gasteiger partial charge in [-0.1, -0.05) is 6.92 Å². The van der Waals surface area contributed by atoms with Crippen molar-refractivity contribution in [2.24, 2.45) is 0 Å². The highest BCUT2D eigenvalue weighted by Gasteiger charge is 2.12. The maximum absolute atomic E-state index is 9.96. The molecule has 0 fully saturated rings. The molecule has 1 unspecified atom stereocenters. The number of aliphatic hydroxyl groups is 1. The molecule has 1 heterocycles. The molecule has 0 saturated carbocycles. The van der Waals surface area contributed by atoms with E-state index in [2.05, 4.69) is 28.7 Å². The third-order valence-corrected chi connectivity index (χ3v) is 3.35. The van der Waals surface area contributed by atoms with Crippen molar-refractivity contribution in [3.05, 3.63) is 22.4 Å². The highest BCUT2D eigenvalue weighted by Crippen LogP contribution is 2.10. The Bertz CT molecular complexity index is 301. The lowest BCUT2D eigenvalue weighted by molar-refractivity contribution is -0.00948. The summed E-state index contributed by atoms with van der Waals surface area (Å²) in [5.74, 6) is 0. The third kappa shape index (κ3) is 6.50. The van der Waals surface area contributed by atoms with Crippen LogP contribution in [-0.2, 0) is 11.3 Å². The number of ether oxygens (including phenoxy) is 1.